The minimum atomic E-state index is 0.134. The van der Waals surface area contributed by atoms with E-state index in [9.17, 15) is 0 Å². The van der Waals surface area contributed by atoms with E-state index in [0.717, 1.165) is 19.4 Å². The molecule has 0 saturated carbocycles. The molecular formula is C15H24N2OS2. The van der Waals surface area contributed by atoms with Gasteiger partial charge in [0.15, 0.2) is 0 Å². The molecule has 3 N–H and O–H groups in total. The maximum absolute atomic E-state index is 6.19. The standard InChI is InChI=1S/C15H24N2OS2/c1-11-2-3-13(20-11)14(17-16)12-4-7-18-15(10-12)5-8-19-9-6-15/h2-3,12,14,17H,4-10,16H2,1H3. The number of rotatable bonds is 3. The van der Waals surface area contributed by atoms with Gasteiger partial charge in [-0.1, -0.05) is 0 Å². The van der Waals surface area contributed by atoms with Crippen LogP contribution in [0, 0.1) is 12.8 Å². The van der Waals surface area contributed by atoms with E-state index in [1.54, 1.807) is 0 Å². The number of thioether (sulfide) groups is 1. The van der Waals surface area contributed by atoms with Gasteiger partial charge in [0.2, 0.25) is 0 Å². The molecule has 20 heavy (non-hydrogen) atoms. The van der Waals surface area contributed by atoms with Crippen molar-refractivity contribution in [3.63, 3.8) is 0 Å². The van der Waals surface area contributed by atoms with Crippen LogP contribution < -0.4 is 11.3 Å². The monoisotopic (exact) mass is 312 g/mol. The Balaban J connectivity index is 1.74. The SMILES string of the molecule is Cc1ccc(C(NN)C2CCOC3(CCSCC3)C2)s1. The van der Waals surface area contributed by atoms with Gasteiger partial charge in [-0.05, 0) is 62.2 Å². The Kier molecular flexibility index (Phi) is 4.72. The van der Waals surface area contributed by atoms with E-state index < -0.39 is 0 Å². The summed E-state index contributed by atoms with van der Waals surface area (Å²) in [6, 6.07) is 4.70. The van der Waals surface area contributed by atoms with Crippen LogP contribution >= 0.6 is 23.1 Å². The number of hydrogen-bond acceptors (Lipinski definition) is 5. The molecule has 0 bridgehead atoms. The molecule has 2 aliphatic heterocycles. The van der Waals surface area contributed by atoms with Gasteiger partial charge in [-0.25, -0.2) is 0 Å². The van der Waals surface area contributed by atoms with Crippen molar-refractivity contribution in [2.45, 2.75) is 44.2 Å². The number of aryl methyl sites for hydroxylation is 1. The van der Waals surface area contributed by atoms with Gasteiger partial charge >= 0.3 is 0 Å². The van der Waals surface area contributed by atoms with Gasteiger partial charge in [-0.2, -0.15) is 11.8 Å². The molecule has 2 atom stereocenters. The van der Waals surface area contributed by atoms with Crippen LogP contribution in [0.5, 0.6) is 0 Å². The first kappa shape index (κ1) is 14.9. The molecule has 1 aromatic heterocycles. The summed E-state index contributed by atoms with van der Waals surface area (Å²) in [5.74, 6) is 8.95. The van der Waals surface area contributed by atoms with E-state index in [-0.39, 0.29) is 11.6 Å². The highest BCUT2D eigenvalue weighted by Crippen LogP contribution is 2.44. The Morgan fingerprint density at radius 3 is 2.85 bits per heavy atom. The van der Waals surface area contributed by atoms with Crippen molar-refractivity contribution in [2.75, 3.05) is 18.1 Å². The van der Waals surface area contributed by atoms with E-state index in [4.69, 9.17) is 10.6 Å². The zero-order valence-electron chi connectivity index (χ0n) is 12.1. The lowest BCUT2D eigenvalue weighted by atomic mass is 9.78. The molecule has 1 aromatic rings. The van der Waals surface area contributed by atoms with Gasteiger partial charge in [-0.15, -0.1) is 11.3 Å². The number of hydrogen-bond donors (Lipinski definition) is 2. The summed E-state index contributed by atoms with van der Waals surface area (Å²) in [5, 5.41) is 0. The zero-order chi connectivity index (χ0) is 14.0. The first-order valence-electron chi connectivity index (χ1n) is 7.47. The third-order valence-corrected chi connectivity index (χ3v) is 6.72. The lowest BCUT2D eigenvalue weighted by molar-refractivity contribution is -0.107. The van der Waals surface area contributed by atoms with Crippen LogP contribution in [0.4, 0.5) is 0 Å². The topological polar surface area (TPSA) is 47.3 Å². The summed E-state index contributed by atoms with van der Waals surface area (Å²) in [5.41, 5.74) is 3.21. The Hall–Kier alpha value is -0.0700. The van der Waals surface area contributed by atoms with Crippen molar-refractivity contribution in [3.8, 4) is 0 Å². The van der Waals surface area contributed by atoms with Crippen molar-refractivity contribution < 1.29 is 4.74 Å². The predicted molar refractivity (Wildman–Crippen MR) is 87.1 cm³/mol. The van der Waals surface area contributed by atoms with E-state index in [1.807, 2.05) is 11.3 Å². The van der Waals surface area contributed by atoms with Crippen LogP contribution in [0.15, 0.2) is 12.1 Å². The van der Waals surface area contributed by atoms with Gasteiger partial charge in [0.05, 0.1) is 11.6 Å². The molecule has 0 aliphatic carbocycles. The fourth-order valence-corrected chi connectivity index (χ4v) is 5.78. The molecule has 0 aromatic carbocycles. The molecule has 5 heteroatoms. The summed E-state index contributed by atoms with van der Waals surface area (Å²) in [6.45, 7) is 3.05. The van der Waals surface area contributed by atoms with Crippen molar-refractivity contribution in [1.82, 2.24) is 5.43 Å². The largest absolute Gasteiger partial charge is 0.375 e. The fraction of sp³-hybridized carbons (Fsp3) is 0.733. The van der Waals surface area contributed by atoms with Crippen LogP contribution in [0.2, 0.25) is 0 Å². The minimum Gasteiger partial charge on any atom is -0.375 e. The molecule has 112 valence electrons. The van der Waals surface area contributed by atoms with Crippen LogP contribution in [0.3, 0.4) is 0 Å². The second kappa shape index (κ2) is 6.36. The summed E-state index contributed by atoms with van der Waals surface area (Å²) < 4.78 is 6.19. The highest BCUT2D eigenvalue weighted by atomic mass is 32.2. The Bertz CT molecular complexity index is 437. The Labute approximate surface area is 129 Å². The lowest BCUT2D eigenvalue weighted by Gasteiger charge is -2.45. The number of nitrogens with two attached hydrogens (primary N) is 1. The smallest absolute Gasteiger partial charge is 0.0701 e. The molecular weight excluding hydrogens is 288 g/mol. The summed E-state index contributed by atoms with van der Waals surface area (Å²) in [6.07, 6.45) is 4.67. The average Bonchev–Trinajstić information content (AvgIpc) is 2.87. The van der Waals surface area contributed by atoms with E-state index in [1.165, 1.54) is 34.1 Å². The van der Waals surface area contributed by atoms with Crippen molar-refractivity contribution in [1.29, 1.82) is 0 Å². The highest BCUT2D eigenvalue weighted by Gasteiger charge is 2.41. The first-order chi connectivity index (χ1) is 9.72. The Morgan fingerprint density at radius 2 is 2.20 bits per heavy atom. The fourth-order valence-electron chi connectivity index (χ4n) is 3.51. The quantitative estimate of drug-likeness (QED) is 0.664. The first-order valence-corrected chi connectivity index (χ1v) is 9.44. The van der Waals surface area contributed by atoms with Crippen molar-refractivity contribution in [2.24, 2.45) is 11.8 Å². The molecule has 2 unspecified atom stereocenters. The van der Waals surface area contributed by atoms with Gasteiger partial charge in [0, 0.05) is 16.4 Å². The molecule has 0 radical (unpaired) electrons. The van der Waals surface area contributed by atoms with Crippen molar-refractivity contribution >= 4 is 23.1 Å². The molecule has 3 rings (SSSR count). The maximum atomic E-state index is 6.19. The van der Waals surface area contributed by atoms with Crippen LogP contribution in [-0.4, -0.2) is 23.7 Å². The van der Waals surface area contributed by atoms with E-state index >= 15 is 0 Å². The normalized spacial score (nSPS) is 27.6. The number of thiophene rings is 1. The third kappa shape index (κ3) is 3.07. The van der Waals surface area contributed by atoms with Crippen LogP contribution in [-0.2, 0) is 4.74 Å². The minimum absolute atomic E-state index is 0.134. The number of nitrogens with one attached hydrogen (secondary N) is 1. The highest BCUT2D eigenvalue weighted by molar-refractivity contribution is 7.99. The lowest BCUT2D eigenvalue weighted by Crippen LogP contribution is -2.46. The third-order valence-electron chi connectivity index (χ3n) is 4.65. The second-order valence-electron chi connectivity index (χ2n) is 5.99. The zero-order valence-corrected chi connectivity index (χ0v) is 13.7. The van der Waals surface area contributed by atoms with Crippen molar-refractivity contribution in [3.05, 3.63) is 21.9 Å². The molecule has 3 nitrogen and oxygen atoms in total. The molecule has 2 saturated heterocycles. The number of ether oxygens (including phenoxy) is 1. The van der Waals surface area contributed by atoms with E-state index in [0.29, 0.717) is 5.92 Å². The van der Waals surface area contributed by atoms with E-state index in [2.05, 4.69) is 36.2 Å². The molecule has 2 aliphatic rings. The van der Waals surface area contributed by atoms with Gasteiger partial charge in [0.25, 0.3) is 0 Å². The van der Waals surface area contributed by atoms with Gasteiger partial charge < -0.3 is 4.74 Å². The molecule has 2 fully saturated rings. The van der Waals surface area contributed by atoms with Crippen LogP contribution in [0.25, 0.3) is 0 Å². The summed E-state index contributed by atoms with van der Waals surface area (Å²) >= 11 is 3.92. The van der Waals surface area contributed by atoms with Gasteiger partial charge in [-0.3, -0.25) is 11.3 Å². The maximum Gasteiger partial charge on any atom is 0.0701 e. The average molecular weight is 313 g/mol. The number of hydrazine groups is 1. The molecule has 0 amide bonds. The summed E-state index contributed by atoms with van der Waals surface area (Å²) in [4.78, 5) is 2.73. The second-order valence-corrected chi connectivity index (χ2v) is 8.53. The van der Waals surface area contributed by atoms with Gasteiger partial charge in [0.1, 0.15) is 0 Å². The molecule has 3 heterocycles. The Morgan fingerprint density at radius 1 is 1.40 bits per heavy atom. The predicted octanol–water partition coefficient (Wildman–Crippen LogP) is 3.25. The van der Waals surface area contributed by atoms with Crippen LogP contribution in [0.1, 0.15) is 41.5 Å². The molecule has 1 spiro atoms. The summed E-state index contributed by atoms with van der Waals surface area (Å²) in [7, 11) is 0.